The number of anilines is 1. The van der Waals surface area contributed by atoms with Crippen LogP contribution in [-0.2, 0) is 4.74 Å². The molecule has 2 aromatic carbocycles. The predicted octanol–water partition coefficient (Wildman–Crippen LogP) is 2.49. The van der Waals surface area contributed by atoms with Gasteiger partial charge in [-0.3, -0.25) is 4.90 Å². The van der Waals surface area contributed by atoms with Crippen LogP contribution in [-0.4, -0.2) is 44.2 Å². The third-order valence-electron chi connectivity index (χ3n) is 4.26. The molecule has 1 heterocycles. The fourth-order valence-electron chi connectivity index (χ4n) is 3.01. The number of methoxy groups -OCH3 is 1. The van der Waals surface area contributed by atoms with Crippen molar-refractivity contribution < 1.29 is 9.53 Å². The number of ether oxygens (including phenoxy) is 1. The number of carbonyl (C=O) groups excluding carboxylic acids is 1. The lowest BCUT2D eigenvalue weighted by atomic mass is 10.1. The summed E-state index contributed by atoms with van der Waals surface area (Å²) >= 11 is 0. The third kappa shape index (κ3) is 3.75. The first-order valence-electron chi connectivity index (χ1n) is 8.23. The van der Waals surface area contributed by atoms with Crippen molar-refractivity contribution in [1.29, 1.82) is 0 Å². The van der Waals surface area contributed by atoms with E-state index in [4.69, 9.17) is 4.74 Å². The summed E-state index contributed by atoms with van der Waals surface area (Å²) in [7, 11) is 1.41. The highest BCUT2D eigenvalue weighted by atomic mass is 16.5. The van der Waals surface area contributed by atoms with Crippen LogP contribution in [0.4, 0.5) is 5.69 Å². The van der Waals surface area contributed by atoms with Crippen LogP contribution in [0, 0.1) is 0 Å². The van der Waals surface area contributed by atoms with Crippen LogP contribution in [0.2, 0.25) is 0 Å². The van der Waals surface area contributed by atoms with Crippen molar-refractivity contribution in [2.45, 2.75) is 6.17 Å². The molecule has 0 saturated carbocycles. The average Bonchev–Trinajstić information content (AvgIpc) is 2.67. The molecular weight excluding hydrogens is 302 g/mol. The molecule has 0 aromatic heterocycles. The molecule has 0 spiro atoms. The molecule has 0 bridgehead atoms. The number of benzene rings is 2. The van der Waals surface area contributed by atoms with Crippen molar-refractivity contribution in [1.82, 2.24) is 10.2 Å². The number of piperazine rings is 1. The fraction of sp³-hybridized carbons (Fsp3) is 0.316. The van der Waals surface area contributed by atoms with Gasteiger partial charge in [0.1, 0.15) is 6.17 Å². The van der Waals surface area contributed by atoms with E-state index < -0.39 is 0 Å². The van der Waals surface area contributed by atoms with Crippen LogP contribution >= 0.6 is 0 Å². The summed E-state index contributed by atoms with van der Waals surface area (Å²) in [5, 5.41) is 6.93. The number of hydrogen-bond donors (Lipinski definition) is 2. The molecule has 1 atom stereocenters. The van der Waals surface area contributed by atoms with Gasteiger partial charge in [0.25, 0.3) is 0 Å². The molecule has 2 N–H and O–H groups in total. The summed E-state index contributed by atoms with van der Waals surface area (Å²) in [4.78, 5) is 14.4. The molecule has 0 aliphatic carbocycles. The van der Waals surface area contributed by atoms with E-state index in [1.54, 1.807) is 6.07 Å². The van der Waals surface area contributed by atoms with E-state index in [0.717, 1.165) is 31.9 Å². The monoisotopic (exact) mass is 325 g/mol. The predicted molar refractivity (Wildman–Crippen MR) is 95.0 cm³/mol. The Morgan fingerprint density at radius 1 is 1.08 bits per heavy atom. The van der Waals surface area contributed by atoms with Gasteiger partial charge >= 0.3 is 5.97 Å². The summed E-state index contributed by atoms with van der Waals surface area (Å²) < 4.78 is 4.91. The van der Waals surface area contributed by atoms with Crippen LogP contribution in [0.25, 0.3) is 0 Å². The van der Waals surface area contributed by atoms with Crippen LogP contribution in [0.1, 0.15) is 22.1 Å². The first-order chi connectivity index (χ1) is 11.8. The number of esters is 1. The van der Waals surface area contributed by atoms with E-state index in [2.05, 4.69) is 27.7 Å². The van der Waals surface area contributed by atoms with Gasteiger partial charge in [-0.05, 0) is 17.7 Å². The molecule has 1 saturated heterocycles. The number of hydrogen-bond acceptors (Lipinski definition) is 5. The summed E-state index contributed by atoms with van der Waals surface area (Å²) in [6, 6.07) is 17.8. The zero-order valence-corrected chi connectivity index (χ0v) is 13.9. The summed E-state index contributed by atoms with van der Waals surface area (Å²) in [6.45, 7) is 3.83. The quantitative estimate of drug-likeness (QED) is 0.827. The van der Waals surface area contributed by atoms with E-state index in [-0.39, 0.29) is 12.1 Å². The Bertz CT molecular complexity index is 669. The van der Waals surface area contributed by atoms with Gasteiger partial charge in [0, 0.05) is 26.2 Å². The van der Waals surface area contributed by atoms with Crippen molar-refractivity contribution >= 4 is 11.7 Å². The number of rotatable bonds is 5. The van der Waals surface area contributed by atoms with Gasteiger partial charge in [0.2, 0.25) is 0 Å². The molecule has 0 radical (unpaired) electrons. The minimum Gasteiger partial charge on any atom is -0.465 e. The Hall–Kier alpha value is -2.37. The molecule has 0 amide bonds. The second-order valence-electron chi connectivity index (χ2n) is 5.78. The largest absolute Gasteiger partial charge is 0.465 e. The van der Waals surface area contributed by atoms with Gasteiger partial charge < -0.3 is 15.4 Å². The zero-order chi connectivity index (χ0) is 16.8. The van der Waals surface area contributed by atoms with Crippen LogP contribution in [0.5, 0.6) is 0 Å². The van der Waals surface area contributed by atoms with Crippen molar-refractivity contribution in [3.05, 3.63) is 65.7 Å². The Morgan fingerprint density at radius 2 is 1.75 bits per heavy atom. The number of nitrogens with zero attached hydrogens (tertiary/aromatic N) is 1. The highest BCUT2D eigenvalue weighted by Crippen LogP contribution is 2.26. The van der Waals surface area contributed by atoms with Crippen molar-refractivity contribution in [3.8, 4) is 0 Å². The van der Waals surface area contributed by atoms with Crippen LogP contribution in [0.3, 0.4) is 0 Å². The normalized spacial score (nSPS) is 16.4. The molecule has 1 fully saturated rings. The van der Waals surface area contributed by atoms with Gasteiger partial charge in [-0.25, -0.2) is 4.79 Å². The molecule has 126 valence electrons. The van der Waals surface area contributed by atoms with E-state index in [1.807, 2.05) is 36.4 Å². The SMILES string of the molecule is COC(=O)c1ccccc1NC(c1ccccc1)N1CCNCC1. The molecule has 1 aliphatic rings. The molecule has 3 rings (SSSR count). The van der Waals surface area contributed by atoms with Crippen LogP contribution in [0.15, 0.2) is 54.6 Å². The van der Waals surface area contributed by atoms with Gasteiger partial charge in [-0.2, -0.15) is 0 Å². The van der Waals surface area contributed by atoms with Gasteiger partial charge in [0.05, 0.1) is 18.4 Å². The number of carbonyl (C=O) groups is 1. The maximum atomic E-state index is 12.0. The van der Waals surface area contributed by atoms with Crippen LogP contribution < -0.4 is 10.6 Å². The zero-order valence-electron chi connectivity index (χ0n) is 13.9. The molecule has 2 aromatic rings. The maximum Gasteiger partial charge on any atom is 0.339 e. The summed E-state index contributed by atoms with van der Waals surface area (Å²) in [5.41, 5.74) is 2.52. The average molecular weight is 325 g/mol. The Kier molecular flexibility index (Phi) is 5.46. The molecule has 1 aliphatic heterocycles. The lowest BCUT2D eigenvalue weighted by Gasteiger charge is -2.36. The Morgan fingerprint density at radius 3 is 2.46 bits per heavy atom. The first kappa shape index (κ1) is 16.5. The second kappa shape index (κ2) is 7.95. The summed E-state index contributed by atoms with van der Waals surface area (Å²) in [6.07, 6.45) is 0.0131. The highest BCUT2D eigenvalue weighted by Gasteiger charge is 2.23. The smallest absolute Gasteiger partial charge is 0.339 e. The summed E-state index contributed by atoms with van der Waals surface area (Å²) in [5.74, 6) is -0.328. The minimum atomic E-state index is -0.328. The van der Waals surface area contributed by atoms with Gasteiger partial charge in [0.15, 0.2) is 0 Å². The molecular formula is C19H23N3O2. The second-order valence-corrected chi connectivity index (χ2v) is 5.78. The van der Waals surface area contributed by atoms with E-state index in [1.165, 1.54) is 12.7 Å². The number of nitrogens with one attached hydrogen (secondary N) is 2. The highest BCUT2D eigenvalue weighted by molar-refractivity contribution is 5.95. The van der Waals surface area contributed by atoms with E-state index in [9.17, 15) is 4.79 Å². The van der Waals surface area contributed by atoms with Gasteiger partial charge in [-0.15, -0.1) is 0 Å². The maximum absolute atomic E-state index is 12.0. The molecule has 24 heavy (non-hydrogen) atoms. The standard InChI is InChI=1S/C19H23N3O2/c1-24-19(23)16-9-5-6-10-17(16)21-18(15-7-3-2-4-8-15)22-13-11-20-12-14-22/h2-10,18,20-21H,11-14H2,1H3. The third-order valence-corrected chi connectivity index (χ3v) is 4.26. The fourth-order valence-corrected chi connectivity index (χ4v) is 3.01. The van der Waals surface area contributed by atoms with Crippen molar-refractivity contribution in [2.75, 3.05) is 38.6 Å². The topological polar surface area (TPSA) is 53.6 Å². The molecule has 5 heteroatoms. The lowest BCUT2D eigenvalue weighted by molar-refractivity contribution is 0.0601. The number of para-hydroxylation sites is 1. The van der Waals surface area contributed by atoms with E-state index >= 15 is 0 Å². The minimum absolute atomic E-state index is 0.0131. The first-order valence-corrected chi connectivity index (χ1v) is 8.23. The van der Waals surface area contributed by atoms with Crippen molar-refractivity contribution in [2.24, 2.45) is 0 Å². The van der Waals surface area contributed by atoms with Crippen molar-refractivity contribution in [3.63, 3.8) is 0 Å². The Labute approximate surface area is 142 Å². The molecule has 5 nitrogen and oxygen atoms in total. The van der Waals surface area contributed by atoms with E-state index in [0.29, 0.717) is 5.56 Å². The molecule has 1 unspecified atom stereocenters. The Balaban J connectivity index is 1.91. The lowest BCUT2D eigenvalue weighted by Crippen LogP contribution is -2.47. The van der Waals surface area contributed by atoms with Gasteiger partial charge in [-0.1, -0.05) is 42.5 Å².